The molecule has 0 aromatic heterocycles. The number of rotatable bonds is 8. The molecule has 0 aliphatic heterocycles. The number of benzene rings is 1. The molecule has 0 amide bonds. The van der Waals surface area contributed by atoms with E-state index in [1.807, 2.05) is 0 Å². The van der Waals surface area contributed by atoms with Crippen molar-refractivity contribution in [1.82, 2.24) is 0 Å². The summed E-state index contributed by atoms with van der Waals surface area (Å²) in [4.78, 5) is 0. The summed E-state index contributed by atoms with van der Waals surface area (Å²) in [5, 5.41) is 11.0. The van der Waals surface area contributed by atoms with Crippen LogP contribution in [0, 0.1) is 0 Å². The number of hydrogen-bond donors (Lipinski definition) is 0. The van der Waals surface area contributed by atoms with E-state index >= 15 is 0 Å². The Morgan fingerprint density at radius 3 is 2.30 bits per heavy atom. The van der Waals surface area contributed by atoms with Crippen LogP contribution in [0.4, 0.5) is 0 Å². The summed E-state index contributed by atoms with van der Waals surface area (Å²) < 4.78 is 10.9. The fourth-order valence-corrected chi connectivity index (χ4v) is 2.04. The monoisotopic (exact) mass is 357 g/mol. The van der Waals surface area contributed by atoms with Crippen molar-refractivity contribution >= 4 is 46.4 Å². The standard InChI is InChI=1S/C13H13Cl4O3/c14-10-7-9(19-6-3-12(16)17)8-11(15)13(10)20-5-2-1-4-18/h3,7-8H,1-2,4-6H2. The van der Waals surface area contributed by atoms with Gasteiger partial charge in [-0.25, -0.2) is 5.11 Å². The molecule has 7 heteroatoms. The molecule has 1 aromatic rings. The third kappa shape index (κ3) is 6.42. The van der Waals surface area contributed by atoms with Crippen molar-refractivity contribution in [3.8, 4) is 11.5 Å². The largest absolute Gasteiger partial charge is 0.490 e. The zero-order valence-corrected chi connectivity index (χ0v) is 13.5. The fourth-order valence-electron chi connectivity index (χ4n) is 1.34. The van der Waals surface area contributed by atoms with Crippen LogP contribution in [0.5, 0.6) is 11.5 Å². The van der Waals surface area contributed by atoms with Crippen LogP contribution >= 0.6 is 46.4 Å². The Labute approximate surface area is 138 Å². The van der Waals surface area contributed by atoms with Gasteiger partial charge in [0.05, 0.1) is 23.3 Å². The second-order valence-corrected chi connectivity index (χ2v) is 5.60. The lowest BCUT2D eigenvalue weighted by Gasteiger charge is -2.12. The van der Waals surface area contributed by atoms with Gasteiger partial charge in [-0.3, -0.25) is 0 Å². The summed E-state index contributed by atoms with van der Waals surface area (Å²) in [6.07, 6.45) is 2.72. The molecule has 0 N–H and O–H groups in total. The molecule has 3 nitrogen and oxygen atoms in total. The quantitative estimate of drug-likeness (QED) is 0.593. The highest BCUT2D eigenvalue weighted by Crippen LogP contribution is 2.37. The molecule has 0 saturated heterocycles. The molecule has 0 unspecified atom stereocenters. The average Bonchev–Trinajstić information content (AvgIpc) is 2.36. The van der Waals surface area contributed by atoms with Crippen molar-refractivity contribution in [2.24, 2.45) is 0 Å². The summed E-state index contributed by atoms with van der Waals surface area (Å²) >= 11 is 23.1. The van der Waals surface area contributed by atoms with Crippen molar-refractivity contribution in [2.75, 3.05) is 19.8 Å². The highest BCUT2D eigenvalue weighted by Gasteiger charge is 2.10. The number of unbranched alkanes of at least 4 members (excludes halogenated alkanes) is 1. The van der Waals surface area contributed by atoms with Crippen LogP contribution in [0.3, 0.4) is 0 Å². The van der Waals surface area contributed by atoms with Crippen LogP contribution in [0.1, 0.15) is 12.8 Å². The molecule has 0 aliphatic carbocycles. The topological polar surface area (TPSA) is 38.4 Å². The molecule has 0 spiro atoms. The molecule has 1 radical (unpaired) electrons. The first-order valence-electron chi connectivity index (χ1n) is 5.88. The van der Waals surface area contributed by atoms with Gasteiger partial charge in [0.2, 0.25) is 0 Å². The minimum Gasteiger partial charge on any atom is -0.490 e. The Morgan fingerprint density at radius 2 is 1.75 bits per heavy atom. The molecule has 20 heavy (non-hydrogen) atoms. The minimum absolute atomic E-state index is 0.117. The molecule has 0 fully saturated rings. The summed E-state index contributed by atoms with van der Waals surface area (Å²) in [7, 11) is 0. The Balaban J connectivity index is 2.63. The summed E-state index contributed by atoms with van der Waals surface area (Å²) in [5.41, 5.74) is 0. The molecular weight excluding hydrogens is 346 g/mol. The Hall–Kier alpha value is -0.320. The zero-order valence-electron chi connectivity index (χ0n) is 10.5. The molecular formula is C13H13Cl4O3. The van der Waals surface area contributed by atoms with E-state index in [-0.39, 0.29) is 17.7 Å². The van der Waals surface area contributed by atoms with Gasteiger partial charge in [0.15, 0.2) is 5.75 Å². The predicted molar refractivity (Wildman–Crippen MR) is 82.0 cm³/mol. The highest BCUT2D eigenvalue weighted by molar-refractivity contribution is 6.55. The van der Waals surface area contributed by atoms with Crippen molar-refractivity contribution < 1.29 is 14.6 Å². The fraction of sp³-hybridized carbons (Fsp3) is 0.385. The normalized spacial score (nSPS) is 10.2. The van der Waals surface area contributed by atoms with E-state index in [0.717, 1.165) is 0 Å². The lowest BCUT2D eigenvalue weighted by Crippen LogP contribution is -2.00. The van der Waals surface area contributed by atoms with Gasteiger partial charge in [-0.1, -0.05) is 46.4 Å². The first kappa shape index (κ1) is 17.7. The maximum absolute atomic E-state index is 10.3. The molecule has 0 heterocycles. The Morgan fingerprint density at radius 1 is 1.10 bits per heavy atom. The number of hydrogen-bond acceptors (Lipinski definition) is 2. The van der Waals surface area contributed by atoms with Crippen molar-refractivity contribution in [3.05, 3.63) is 32.7 Å². The van der Waals surface area contributed by atoms with Gasteiger partial charge >= 0.3 is 0 Å². The van der Waals surface area contributed by atoms with E-state index in [2.05, 4.69) is 0 Å². The van der Waals surface area contributed by atoms with E-state index in [4.69, 9.17) is 55.9 Å². The van der Waals surface area contributed by atoms with Gasteiger partial charge in [-0.2, -0.15) is 0 Å². The van der Waals surface area contributed by atoms with Gasteiger partial charge in [-0.15, -0.1) is 0 Å². The lowest BCUT2D eigenvalue weighted by atomic mass is 10.3. The third-order valence-corrected chi connectivity index (χ3v) is 3.11. The molecule has 0 atom stereocenters. The van der Waals surface area contributed by atoms with Gasteiger partial charge in [-0.05, 0) is 18.9 Å². The highest BCUT2D eigenvalue weighted by atomic mass is 35.5. The van der Waals surface area contributed by atoms with Crippen LogP contribution in [0.25, 0.3) is 0 Å². The maximum Gasteiger partial charge on any atom is 0.156 e. The minimum atomic E-state index is -0.117. The van der Waals surface area contributed by atoms with Crippen LogP contribution in [-0.4, -0.2) is 19.8 Å². The van der Waals surface area contributed by atoms with E-state index in [1.54, 1.807) is 12.1 Å². The average molecular weight is 359 g/mol. The summed E-state index contributed by atoms with van der Waals surface area (Å²) in [5.74, 6) is 0.871. The van der Waals surface area contributed by atoms with E-state index < -0.39 is 0 Å². The van der Waals surface area contributed by atoms with E-state index in [1.165, 1.54) is 6.08 Å². The molecule has 0 bridgehead atoms. The maximum atomic E-state index is 10.3. The van der Waals surface area contributed by atoms with E-state index in [9.17, 15) is 5.11 Å². The van der Waals surface area contributed by atoms with Crippen LogP contribution < -0.4 is 9.47 Å². The molecule has 1 rings (SSSR count). The molecule has 0 saturated carbocycles. The van der Waals surface area contributed by atoms with Gasteiger partial charge in [0.25, 0.3) is 0 Å². The second kappa shape index (κ2) is 9.59. The molecule has 0 aliphatic rings. The van der Waals surface area contributed by atoms with Crippen LogP contribution in [-0.2, 0) is 5.11 Å². The number of halogens is 4. The Kier molecular flexibility index (Phi) is 8.50. The Bertz CT molecular complexity index is 436. The summed E-state index contributed by atoms with van der Waals surface area (Å²) in [6, 6.07) is 3.18. The van der Waals surface area contributed by atoms with Crippen LogP contribution in [0.2, 0.25) is 10.0 Å². The second-order valence-electron chi connectivity index (χ2n) is 3.78. The first-order valence-corrected chi connectivity index (χ1v) is 7.39. The van der Waals surface area contributed by atoms with Gasteiger partial charge < -0.3 is 9.47 Å². The van der Waals surface area contributed by atoms with Crippen molar-refractivity contribution in [3.63, 3.8) is 0 Å². The van der Waals surface area contributed by atoms with Crippen molar-refractivity contribution in [2.45, 2.75) is 12.8 Å². The van der Waals surface area contributed by atoms with Gasteiger partial charge in [0, 0.05) is 12.1 Å². The lowest BCUT2D eigenvalue weighted by molar-refractivity contribution is 0.178. The van der Waals surface area contributed by atoms with E-state index in [0.29, 0.717) is 41.0 Å². The number of ether oxygens (including phenoxy) is 2. The van der Waals surface area contributed by atoms with Crippen LogP contribution in [0.15, 0.2) is 22.7 Å². The third-order valence-electron chi connectivity index (χ3n) is 2.24. The summed E-state index contributed by atoms with van der Waals surface area (Å²) in [6.45, 7) is 0.486. The zero-order chi connectivity index (χ0) is 15.0. The SMILES string of the molecule is [O]CCCCOc1c(Cl)cc(OCC=C(Cl)Cl)cc1Cl. The smallest absolute Gasteiger partial charge is 0.156 e. The van der Waals surface area contributed by atoms with Crippen molar-refractivity contribution in [1.29, 1.82) is 0 Å². The molecule has 111 valence electrons. The first-order chi connectivity index (χ1) is 9.54. The molecule has 1 aromatic carbocycles. The predicted octanol–water partition coefficient (Wildman–Crippen LogP) is 5.28. The van der Waals surface area contributed by atoms with Gasteiger partial charge in [0.1, 0.15) is 16.8 Å².